The lowest BCUT2D eigenvalue weighted by Gasteiger charge is -2.11. The molecule has 2 heterocycles. The van der Waals surface area contributed by atoms with Gasteiger partial charge in [0.25, 0.3) is 0 Å². The molecule has 130 valence electrons. The molecule has 0 atom stereocenters. The molecular formula is C16H13F4N5. The smallest absolute Gasteiger partial charge is 0.350 e. The predicted octanol–water partition coefficient (Wildman–Crippen LogP) is 3.65. The van der Waals surface area contributed by atoms with E-state index in [1.54, 1.807) is 30.2 Å². The Bertz CT molecular complexity index is 888. The average Bonchev–Trinajstić information content (AvgIpc) is 3.00. The fourth-order valence-electron chi connectivity index (χ4n) is 2.22. The lowest BCUT2D eigenvalue weighted by atomic mass is 10.1. The Morgan fingerprint density at radius 3 is 2.68 bits per heavy atom. The van der Waals surface area contributed by atoms with Crippen molar-refractivity contribution in [2.75, 3.05) is 5.32 Å². The van der Waals surface area contributed by atoms with Crippen LogP contribution >= 0.6 is 0 Å². The summed E-state index contributed by atoms with van der Waals surface area (Å²) in [5, 5.41) is 6.78. The van der Waals surface area contributed by atoms with E-state index in [0.717, 1.165) is 17.7 Å². The number of aryl methyl sites for hydroxylation is 1. The van der Waals surface area contributed by atoms with Crippen LogP contribution in [0.15, 0.2) is 42.9 Å². The summed E-state index contributed by atoms with van der Waals surface area (Å²) >= 11 is 0. The fraction of sp³-hybridized carbons (Fsp3) is 0.188. The third-order valence-electron chi connectivity index (χ3n) is 3.47. The zero-order valence-electron chi connectivity index (χ0n) is 13.0. The highest BCUT2D eigenvalue weighted by Gasteiger charge is 2.31. The van der Waals surface area contributed by atoms with Crippen LogP contribution in [0.1, 0.15) is 11.1 Å². The number of anilines is 1. The Balaban J connectivity index is 1.78. The van der Waals surface area contributed by atoms with Crippen LogP contribution in [-0.4, -0.2) is 19.7 Å². The van der Waals surface area contributed by atoms with Crippen LogP contribution in [0.2, 0.25) is 0 Å². The number of halogens is 4. The second-order valence-electron chi connectivity index (χ2n) is 5.33. The number of aromatic nitrogens is 4. The highest BCUT2D eigenvalue weighted by molar-refractivity contribution is 5.57. The number of nitrogens with zero attached hydrogens (tertiary/aromatic N) is 4. The van der Waals surface area contributed by atoms with Gasteiger partial charge >= 0.3 is 6.18 Å². The minimum atomic E-state index is -4.53. The molecule has 0 bridgehead atoms. The molecule has 0 saturated carbocycles. The number of rotatable bonds is 4. The third kappa shape index (κ3) is 3.93. The van der Waals surface area contributed by atoms with E-state index in [-0.39, 0.29) is 18.1 Å². The quantitative estimate of drug-likeness (QED) is 0.729. The predicted molar refractivity (Wildman–Crippen MR) is 83.0 cm³/mol. The van der Waals surface area contributed by atoms with Gasteiger partial charge in [0.05, 0.1) is 17.5 Å². The molecule has 0 spiro atoms. The summed E-state index contributed by atoms with van der Waals surface area (Å²) in [6.45, 7) is -0.174. The highest BCUT2D eigenvalue weighted by atomic mass is 19.4. The Kier molecular flexibility index (Phi) is 4.39. The van der Waals surface area contributed by atoms with E-state index in [2.05, 4.69) is 20.4 Å². The van der Waals surface area contributed by atoms with Crippen molar-refractivity contribution < 1.29 is 17.6 Å². The van der Waals surface area contributed by atoms with Gasteiger partial charge < -0.3 is 5.32 Å². The Hall–Kier alpha value is -2.97. The van der Waals surface area contributed by atoms with Crippen LogP contribution in [0.5, 0.6) is 0 Å². The average molecular weight is 351 g/mol. The zero-order chi connectivity index (χ0) is 18.0. The SMILES string of the molecule is Cn1cc(-c2ccnc(NCc3cc(C(F)(F)F)ccc3F)n2)cn1. The molecule has 9 heteroatoms. The minimum absolute atomic E-state index is 0.120. The van der Waals surface area contributed by atoms with E-state index in [0.29, 0.717) is 11.8 Å². The number of benzene rings is 1. The first kappa shape index (κ1) is 16.9. The first-order valence-corrected chi connectivity index (χ1v) is 7.24. The third-order valence-corrected chi connectivity index (χ3v) is 3.47. The van der Waals surface area contributed by atoms with Crippen molar-refractivity contribution in [3.63, 3.8) is 0 Å². The second-order valence-corrected chi connectivity index (χ2v) is 5.33. The van der Waals surface area contributed by atoms with Gasteiger partial charge in [0.2, 0.25) is 5.95 Å². The molecule has 0 unspecified atom stereocenters. The molecule has 1 aromatic carbocycles. The Labute approximate surface area is 140 Å². The van der Waals surface area contributed by atoms with Crippen LogP contribution < -0.4 is 5.32 Å². The van der Waals surface area contributed by atoms with Crippen molar-refractivity contribution >= 4 is 5.95 Å². The summed E-state index contributed by atoms with van der Waals surface area (Å²) in [7, 11) is 1.76. The van der Waals surface area contributed by atoms with E-state index < -0.39 is 17.6 Å². The number of hydrogen-bond acceptors (Lipinski definition) is 4. The number of nitrogens with one attached hydrogen (secondary N) is 1. The van der Waals surface area contributed by atoms with Crippen molar-refractivity contribution in [1.29, 1.82) is 0 Å². The van der Waals surface area contributed by atoms with Crippen LogP contribution in [0.4, 0.5) is 23.5 Å². The van der Waals surface area contributed by atoms with Crippen LogP contribution in [0.25, 0.3) is 11.3 Å². The minimum Gasteiger partial charge on any atom is -0.350 e. The van der Waals surface area contributed by atoms with Gasteiger partial charge in [-0.1, -0.05) is 0 Å². The summed E-state index contributed by atoms with van der Waals surface area (Å²) in [5.41, 5.74) is 0.328. The van der Waals surface area contributed by atoms with E-state index in [1.165, 1.54) is 6.20 Å². The van der Waals surface area contributed by atoms with Gasteiger partial charge in [-0.3, -0.25) is 4.68 Å². The fourth-order valence-corrected chi connectivity index (χ4v) is 2.22. The highest BCUT2D eigenvalue weighted by Crippen LogP contribution is 2.30. The number of alkyl halides is 3. The maximum absolute atomic E-state index is 13.7. The molecule has 0 amide bonds. The van der Waals surface area contributed by atoms with Gasteiger partial charge in [-0.15, -0.1) is 0 Å². The standard InChI is InChI=1S/C16H13F4N5/c1-25-9-11(8-23-25)14-4-5-21-15(24-14)22-7-10-6-12(16(18,19)20)2-3-13(10)17/h2-6,8-9H,7H2,1H3,(H,21,22,24). The Morgan fingerprint density at radius 1 is 1.20 bits per heavy atom. The lowest BCUT2D eigenvalue weighted by molar-refractivity contribution is -0.137. The molecule has 0 aliphatic heterocycles. The summed E-state index contributed by atoms with van der Waals surface area (Å²) in [6, 6.07) is 3.95. The van der Waals surface area contributed by atoms with E-state index in [4.69, 9.17) is 0 Å². The van der Waals surface area contributed by atoms with Crippen molar-refractivity contribution in [3.8, 4) is 11.3 Å². The van der Waals surface area contributed by atoms with Gasteiger partial charge in [-0.05, 0) is 24.3 Å². The van der Waals surface area contributed by atoms with Crippen molar-refractivity contribution in [1.82, 2.24) is 19.7 Å². The van der Waals surface area contributed by atoms with Gasteiger partial charge in [0.1, 0.15) is 5.82 Å². The zero-order valence-corrected chi connectivity index (χ0v) is 13.0. The first-order valence-electron chi connectivity index (χ1n) is 7.24. The number of hydrogen-bond donors (Lipinski definition) is 1. The molecule has 0 radical (unpaired) electrons. The molecule has 1 N–H and O–H groups in total. The normalized spacial score (nSPS) is 11.6. The molecule has 3 aromatic rings. The first-order chi connectivity index (χ1) is 11.8. The molecule has 2 aromatic heterocycles. The second kappa shape index (κ2) is 6.50. The molecule has 0 saturated heterocycles. The van der Waals surface area contributed by atoms with E-state index in [1.807, 2.05) is 0 Å². The van der Waals surface area contributed by atoms with E-state index in [9.17, 15) is 17.6 Å². The van der Waals surface area contributed by atoms with Crippen LogP contribution in [0, 0.1) is 5.82 Å². The maximum Gasteiger partial charge on any atom is 0.416 e. The molecule has 0 fully saturated rings. The van der Waals surface area contributed by atoms with Crippen LogP contribution in [0.3, 0.4) is 0 Å². The van der Waals surface area contributed by atoms with Crippen molar-refractivity contribution in [2.24, 2.45) is 7.05 Å². The van der Waals surface area contributed by atoms with Gasteiger partial charge in [-0.25, -0.2) is 14.4 Å². The summed E-state index contributed by atoms with van der Waals surface area (Å²) in [6.07, 6.45) is 0.358. The summed E-state index contributed by atoms with van der Waals surface area (Å²) in [5.74, 6) is -0.554. The summed E-state index contributed by atoms with van der Waals surface area (Å²) in [4.78, 5) is 8.25. The molecular weight excluding hydrogens is 338 g/mol. The molecule has 5 nitrogen and oxygen atoms in total. The Morgan fingerprint density at radius 2 is 2.00 bits per heavy atom. The van der Waals surface area contributed by atoms with Crippen molar-refractivity contribution in [3.05, 3.63) is 59.8 Å². The maximum atomic E-state index is 13.7. The van der Waals surface area contributed by atoms with E-state index >= 15 is 0 Å². The van der Waals surface area contributed by atoms with Crippen molar-refractivity contribution in [2.45, 2.75) is 12.7 Å². The molecule has 0 aliphatic carbocycles. The lowest BCUT2D eigenvalue weighted by Crippen LogP contribution is -2.09. The molecule has 3 rings (SSSR count). The monoisotopic (exact) mass is 351 g/mol. The topological polar surface area (TPSA) is 55.6 Å². The molecule has 0 aliphatic rings. The van der Waals surface area contributed by atoms with Gasteiger partial charge in [0.15, 0.2) is 0 Å². The van der Waals surface area contributed by atoms with Gasteiger partial charge in [0, 0.05) is 37.1 Å². The van der Waals surface area contributed by atoms with Crippen LogP contribution in [-0.2, 0) is 19.8 Å². The largest absolute Gasteiger partial charge is 0.416 e. The molecule has 25 heavy (non-hydrogen) atoms. The van der Waals surface area contributed by atoms with Gasteiger partial charge in [-0.2, -0.15) is 18.3 Å². The summed E-state index contributed by atoms with van der Waals surface area (Å²) < 4.78 is 53.6.